The quantitative estimate of drug-likeness (QED) is 0.245. The van der Waals surface area contributed by atoms with Gasteiger partial charge in [0.1, 0.15) is 0 Å². The van der Waals surface area contributed by atoms with Gasteiger partial charge < -0.3 is 29.9 Å². The maximum atomic E-state index is 10.4. The molecule has 0 aliphatic carbocycles. The third-order valence-electron chi connectivity index (χ3n) is 1.22. The Balaban J connectivity index is -0.0000000843. The SMILES string of the molecule is CC(C)[O-].CC(C)[O-].CCOC(=O)/C=C(/C)[O-].CCOC(=O)/C=C(/C)[O-].[Ti+4]. The Morgan fingerprint density at radius 3 is 1.07 bits per heavy atom. The smallest absolute Gasteiger partial charge is 0.875 e. The van der Waals surface area contributed by atoms with Crippen LogP contribution < -0.4 is 20.4 Å². The molecule has 0 aromatic carbocycles. The van der Waals surface area contributed by atoms with Gasteiger partial charge >= 0.3 is 33.7 Å². The number of ether oxygens (including phenoxy) is 2. The van der Waals surface area contributed by atoms with Crippen molar-refractivity contribution < 1.29 is 61.2 Å². The van der Waals surface area contributed by atoms with Gasteiger partial charge in [0.05, 0.1) is 13.2 Å². The van der Waals surface area contributed by atoms with Crippen LogP contribution in [0.1, 0.15) is 55.4 Å². The first-order chi connectivity index (χ1) is 11.8. The Morgan fingerprint density at radius 2 is 0.963 bits per heavy atom. The minimum absolute atomic E-state index is 0. The first-order valence-corrected chi connectivity index (χ1v) is 8.15. The maximum Gasteiger partial charge on any atom is 4.00 e. The summed E-state index contributed by atoms with van der Waals surface area (Å²) in [6.07, 6.45) is 1.01. The van der Waals surface area contributed by atoms with E-state index in [-0.39, 0.29) is 33.2 Å². The molecule has 0 N–H and O–H groups in total. The Hall–Kier alpha value is -1.35. The van der Waals surface area contributed by atoms with Gasteiger partial charge in [-0.25, -0.2) is 9.59 Å². The summed E-state index contributed by atoms with van der Waals surface area (Å²) in [5, 5.41) is 39.4. The molecule has 0 saturated carbocycles. The van der Waals surface area contributed by atoms with Crippen LogP contribution in [-0.2, 0) is 40.8 Å². The van der Waals surface area contributed by atoms with Crippen molar-refractivity contribution in [3.05, 3.63) is 23.7 Å². The molecular weight excluding hydrogens is 392 g/mol. The fourth-order valence-corrected chi connectivity index (χ4v) is 0.700. The molecule has 0 rings (SSSR count). The zero-order valence-corrected chi connectivity index (χ0v) is 19.1. The molecule has 156 valence electrons. The zero-order valence-electron chi connectivity index (χ0n) is 17.5. The van der Waals surface area contributed by atoms with Gasteiger partial charge in [-0.15, -0.1) is 23.7 Å². The molecule has 8 nitrogen and oxygen atoms in total. The largest absolute Gasteiger partial charge is 4.00 e. The molecule has 0 saturated heterocycles. The second-order valence-corrected chi connectivity index (χ2v) is 5.11. The van der Waals surface area contributed by atoms with Gasteiger partial charge in [-0.1, -0.05) is 41.5 Å². The van der Waals surface area contributed by atoms with Gasteiger partial charge in [0, 0.05) is 12.2 Å². The van der Waals surface area contributed by atoms with Gasteiger partial charge in [0.25, 0.3) is 0 Å². The third-order valence-corrected chi connectivity index (χ3v) is 1.22. The molecule has 9 heteroatoms. The monoisotopic (exact) mass is 424 g/mol. The summed E-state index contributed by atoms with van der Waals surface area (Å²) < 4.78 is 8.87. The Bertz CT molecular complexity index is 353. The van der Waals surface area contributed by atoms with E-state index in [1.807, 2.05) is 0 Å². The molecule has 0 aliphatic rings. The van der Waals surface area contributed by atoms with Crippen molar-refractivity contribution in [3.8, 4) is 0 Å². The van der Waals surface area contributed by atoms with Crippen LogP contribution in [0.4, 0.5) is 0 Å². The van der Waals surface area contributed by atoms with Gasteiger partial charge in [0.2, 0.25) is 0 Å². The molecule has 0 amide bonds. The van der Waals surface area contributed by atoms with E-state index in [0.717, 1.165) is 12.2 Å². The Labute approximate surface area is 177 Å². The summed E-state index contributed by atoms with van der Waals surface area (Å²) in [5.41, 5.74) is 0. The number of hydrogen-bond acceptors (Lipinski definition) is 8. The fraction of sp³-hybridized carbons (Fsp3) is 0.667. The van der Waals surface area contributed by atoms with Crippen LogP contribution in [0.3, 0.4) is 0 Å². The summed E-state index contributed by atoms with van der Waals surface area (Å²) in [6, 6.07) is 0. The van der Waals surface area contributed by atoms with Crippen LogP contribution in [0, 0.1) is 0 Å². The summed E-state index contributed by atoms with van der Waals surface area (Å²) in [6.45, 7) is 13.0. The minimum Gasteiger partial charge on any atom is -0.875 e. The van der Waals surface area contributed by atoms with E-state index in [9.17, 15) is 30.0 Å². The Kier molecular flexibility index (Phi) is 36.4. The average Bonchev–Trinajstić information content (AvgIpc) is 2.36. The van der Waals surface area contributed by atoms with E-state index in [2.05, 4.69) is 9.47 Å². The predicted molar refractivity (Wildman–Crippen MR) is 91.1 cm³/mol. The van der Waals surface area contributed by atoms with Crippen LogP contribution in [0.2, 0.25) is 0 Å². The number of allylic oxidation sites excluding steroid dienone is 2. The van der Waals surface area contributed by atoms with E-state index in [4.69, 9.17) is 0 Å². The number of rotatable bonds is 4. The standard InChI is InChI=1S/2C6H10O3.2C3H7O.Ti/c2*1-3-9-6(8)4-5(2)7;2*1-3(2)4;/h2*4,7H,3H2,1-2H3;2*3H,1-2H3;/q;;2*-1;+4/p-2/b2*5-4-;;;. The zero-order chi connectivity index (χ0) is 21.7. The van der Waals surface area contributed by atoms with Gasteiger partial charge in [0.15, 0.2) is 0 Å². The molecular formula is C18H32O8Ti. The van der Waals surface area contributed by atoms with Gasteiger partial charge in [-0.3, -0.25) is 0 Å². The topological polar surface area (TPSA) is 145 Å². The van der Waals surface area contributed by atoms with E-state index < -0.39 is 24.1 Å². The van der Waals surface area contributed by atoms with Crippen molar-refractivity contribution in [2.45, 2.75) is 67.6 Å². The number of carbonyl (C=O) groups excluding carboxylic acids is 2. The molecule has 0 spiro atoms. The van der Waals surface area contributed by atoms with E-state index in [1.165, 1.54) is 13.8 Å². The van der Waals surface area contributed by atoms with Crippen LogP contribution in [0.15, 0.2) is 23.7 Å². The Morgan fingerprint density at radius 1 is 0.778 bits per heavy atom. The summed E-state index contributed by atoms with van der Waals surface area (Å²) in [5.74, 6) is -1.70. The first-order valence-electron chi connectivity index (χ1n) is 8.15. The molecule has 0 fully saturated rings. The van der Waals surface area contributed by atoms with Crippen LogP contribution in [0.25, 0.3) is 0 Å². The minimum atomic E-state index is -0.565. The number of esters is 2. The van der Waals surface area contributed by atoms with Crippen molar-refractivity contribution in [1.29, 1.82) is 0 Å². The average molecular weight is 424 g/mol. The van der Waals surface area contributed by atoms with Crippen molar-refractivity contribution in [2.24, 2.45) is 0 Å². The van der Waals surface area contributed by atoms with E-state index in [1.54, 1.807) is 41.5 Å². The predicted octanol–water partition coefficient (Wildman–Crippen LogP) is -0.865. The summed E-state index contributed by atoms with van der Waals surface area (Å²) >= 11 is 0. The van der Waals surface area contributed by atoms with E-state index >= 15 is 0 Å². The van der Waals surface area contributed by atoms with Gasteiger partial charge in [-0.05, 0) is 13.8 Å². The first kappa shape index (κ1) is 36.6. The second kappa shape index (κ2) is 26.9. The van der Waals surface area contributed by atoms with E-state index in [0.29, 0.717) is 13.2 Å². The van der Waals surface area contributed by atoms with Crippen molar-refractivity contribution in [2.75, 3.05) is 13.2 Å². The van der Waals surface area contributed by atoms with Crippen LogP contribution in [0.5, 0.6) is 0 Å². The van der Waals surface area contributed by atoms with Crippen LogP contribution >= 0.6 is 0 Å². The fourth-order valence-electron chi connectivity index (χ4n) is 0.700. The molecule has 0 heterocycles. The molecule has 27 heavy (non-hydrogen) atoms. The number of hydrogen-bond donors (Lipinski definition) is 0. The van der Waals surface area contributed by atoms with Crippen molar-refractivity contribution in [1.82, 2.24) is 0 Å². The van der Waals surface area contributed by atoms with Crippen molar-refractivity contribution in [3.63, 3.8) is 0 Å². The molecule has 0 aromatic heterocycles. The normalized spacial score (nSPS) is 10.1. The summed E-state index contributed by atoms with van der Waals surface area (Å²) in [7, 11) is 0. The maximum absolute atomic E-state index is 10.4. The molecule has 0 bridgehead atoms. The molecule has 0 atom stereocenters. The second-order valence-electron chi connectivity index (χ2n) is 5.11. The molecule has 0 aromatic rings. The molecule has 0 aliphatic heterocycles. The van der Waals surface area contributed by atoms with Crippen molar-refractivity contribution >= 4 is 11.9 Å². The molecule has 0 radical (unpaired) electrons. The van der Waals surface area contributed by atoms with Crippen LogP contribution in [-0.4, -0.2) is 37.4 Å². The molecule has 0 unspecified atom stereocenters. The third kappa shape index (κ3) is 79.0. The summed E-state index contributed by atoms with van der Waals surface area (Å²) in [4.78, 5) is 20.7. The number of carbonyl (C=O) groups is 2. The van der Waals surface area contributed by atoms with Gasteiger partial charge in [-0.2, -0.15) is 0 Å².